The van der Waals surface area contributed by atoms with Crippen molar-refractivity contribution in [2.75, 3.05) is 0 Å². The summed E-state index contributed by atoms with van der Waals surface area (Å²) < 4.78 is 37.6. The van der Waals surface area contributed by atoms with Crippen molar-refractivity contribution >= 4 is 15.9 Å². The monoisotopic (exact) mass is 264 g/mol. The van der Waals surface area contributed by atoms with E-state index in [0.717, 1.165) is 12.1 Å². The van der Waals surface area contributed by atoms with Gasteiger partial charge < -0.3 is 0 Å². The lowest BCUT2D eigenvalue weighted by molar-refractivity contribution is -0.137. The molecule has 0 atom stereocenters. The molecule has 0 saturated heterocycles. The molecule has 1 rings (SSSR count). The van der Waals surface area contributed by atoms with Gasteiger partial charge in [-0.05, 0) is 30.2 Å². The molecule has 4 heteroatoms. The minimum atomic E-state index is -4.28. The molecule has 14 heavy (non-hydrogen) atoms. The lowest BCUT2D eigenvalue weighted by atomic mass is 10.1. The Kier molecular flexibility index (Phi) is 3.37. The second-order valence-corrected chi connectivity index (χ2v) is 3.65. The van der Waals surface area contributed by atoms with Gasteiger partial charge in [-0.15, -0.1) is 6.58 Å². The number of hydrogen-bond donors (Lipinski definition) is 0. The van der Waals surface area contributed by atoms with Crippen LogP contribution in [0.1, 0.15) is 11.1 Å². The maximum atomic E-state index is 12.3. The minimum absolute atomic E-state index is 0.421. The average Bonchev–Trinajstić information content (AvgIpc) is 2.07. The first-order chi connectivity index (χ1) is 6.45. The summed E-state index contributed by atoms with van der Waals surface area (Å²) in [7, 11) is 0. The van der Waals surface area contributed by atoms with Gasteiger partial charge in [-0.25, -0.2) is 0 Å². The largest absolute Gasteiger partial charge is 0.416 e. The third-order valence-corrected chi connectivity index (χ3v) is 2.51. The molecule has 1 aromatic rings. The molecule has 0 fully saturated rings. The van der Waals surface area contributed by atoms with E-state index in [9.17, 15) is 13.2 Å². The van der Waals surface area contributed by atoms with Crippen molar-refractivity contribution in [1.82, 2.24) is 0 Å². The molecule has 76 valence electrons. The molecule has 1 aromatic carbocycles. The summed E-state index contributed by atoms with van der Waals surface area (Å²) in [5.41, 5.74) is -0.0348. The van der Waals surface area contributed by atoms with E-state index in [-0.39, 0.29) is 0 Å². The molecule has 0 radical (unpaired) electrons. The van der Waals surface area contributed by atoms with Gasteiger partial charge in [0.1, 0.15) is 0 Å². The summed E-state index contributed by atoms with van der Waals surface area (Å²) in [4.78, 5) is 0. The van der Waals surface area contributed by atoms with Gasteiger partial charge in [-0.3, -0.25) is 0 Å². The van der Waals surface area contributed by atoms with E-state index in [1.807, 2.05) is 0 Å². The predicted octanol–water partition coefficient (Wildman–Crippen LogP) is 4.20. The van der Waals surface area contributed by atoms with Crippen molar-refractivity contribution in [2.24, 2.45) is 0 Å². The second kappa shape index (κ2) is 4.17. The van der Waals surface area contributed by atoms with Gasteiger partial charge in [-0.1, -0.05) is 22.0 Å². The standard InChI is InChI=1S/C10H8BrF3/c1-2-3-7-6-8(10(12,13)14)4-5-9(7)11/h2,4-6H,1,3H2. The van der Waals surface area contributed by atoms with E-state index < -0.39 is 11.7 Å². The lowest BCUT2D eigenvalue weighted by Crippen LogP contribution is -2.05. The zero-order chi connectivity index (χ0) is 10.8. The maximum absolute atomic E-state index is 12.3. The molecule has 0 amide bonds. The van der Waals surface area contributed by atoms with Gasteiger partial charge in [0.05, 0.1) is 5.56 Å². The highest BCUT2D eigenvalue weighted by molar-refractivity contribution is 9.10. The molecule has 0 nitrogen and oxygen atoms in total. The van der Waals surface area contributed by atoms with Crippen LogP contribution in [-0.4, -0.2) is 0 Å². The fourth-order valence-electron chi connectivity index (χ4n) is 1.06. The summed E-state index contributed by atoms with van der Waals surface area (Å²) in [5, 5.41) is 0. The Morgan fingerprint density at radius 1 is 1.36 bits per heavy atom. The van der Waals surface area contributed by atoms with Crippen molar-refractivity contribution in [2.45, 2.75) is 12.6 Å². The summed E-state index contributed by atoms with van der Waals surface area (Å²) in [6.07, 6.45) is -2.29. The van der Waals surface area contributed by atoms with Crippen LogP contribution in [0.25, 0.3) is 0 Å². The normalized spacial score (nSPS) is 11.4. The van der Waals surface area contributed by atoms with Crippen molar-refractivity contribution in [3.63, 3.8) is 0 Å². The zero-order valence-electron chi connectivity index (χ0n) is 7.24. The topological polar surface area (TPSA) is 0 Å². The number of halogens is 4. The van der Waals surface area contributed by atoms with Crippen molar-refractivity contribution in [3.05, 3.63) is 46.5 Å². The Morgan fingerprint density at radius 2 is 2.00 bits per heavy atom. The number of allylic oxidation sites excluding steroid dienone is 1. The van der Waals surface area contributed by atoms with Crippen molar-refractivity contribution in [1.29, 1.82) is 0 Å². The van der Waals surface area contributed by atoms with Crippen LogP contribution in [0.2, 0.25) is 0 Å². The minimum Gasteiger partial charge on any atom is -0.166 e. The van der Waals surface area contributed by atoms with Gasteiger partial charge in [-0.2, -0.15) is 13.2 Å². The SMILES string of the molecule is C=CCc1cc(C(F)(F)F)ccc1Br. The molecule has 0 aliphatic heterocycles. The molecule has 0 spiro atoms. The second-order valence-electron chi connectivity index (χ2n) is 2.80. The van der Waals surface area contributed by atoms with Crippen LogP contribution in [0.15, 0.2) is 35.3 Å². The molecular formula is C10H8BrF3. The molecular weight excluding hydrogens is 257 g/mol. The fraction of sp³-hybridized carbons (Fsp3) is 0.200. The van der Waals surface area contributed by atoms with Crippen LogP contribution in [0, 0.1) is 0 Å². The molecule has 0 bridgehead atoms. The van der Waals surface area contributed by atoms with Gasteiger partial charge >= 0.3 is 6.18 Å². The Labute approximate surface area is 88.6 Å². The van der Waals surface area contributed by atoms with E-state index in [2.05, 4.69) is 22.5 Å². The quantitative estimate of drug-likeness (QED) is 0.703. The van der Waals surface area contributed by atoms with Gasteiger partial charge in [0.2, 0.25) is 0 Å². The van der Waals surface area contributed by atoms with E-state index in [0.29, 0.717) is 16.5 Å². The molecule has 0 aliphatic carbocycles. The van der Waals surface area contributed by atoms with Crippen LogP contribution < -0.4 is 0 Å². The van der Waals surface area contributed by atoms with E-state index in [4.69, 9.17) is 0 Å². The first-order valence-corrected chi connectivity index (χ1v) is 4.71. The average molecular weight is 265 g/mol. The molecule has 0 saturated carbocycles. The molecule has 0 unspecified atom stereocenters. The number of alkyl halides is 3. The third kappa shape index (κ3) is 2.61. The fourth-order valence-corrected chi connectivity index (χ4v) is 1.47. The van der Waals surface area contributed by atoms with Crippen molar-refractivity contribution in [3.8, 4) is 0 Å². The van der Waals surface area contributed by atoms with Crippen LogP contribution in [0.5, 0.6) is 0 Å². The maximum Gasteiger partial charge on any atom is 0.416 e. The van der Waals surface area contributed by atoms with Gasteiger partial charge in [0.25, 0.3) is 0 Å². The highest BCUT2D eigenvalue weighted by Gasteiger charge is 2.30. The van der Waals surface area contributed by atoms with Crippen molar-refractivity contribution < 1.29 is 13.2 Å². The summed E-state index contributed by atoms with van der Waals surface area (Å²) >= 11 is 3.18. The smallest absolute Gasteiger partial charge is 0.166 e. The van der Waals surface area contributed by atoms with E-state index >= 15 is 0 Å². The van der Waals surface area contributed by atoms with Crippen LogP contribution in [0.3, 0.4) is 0 Å². The molecule has 0 N–H and O–H groups in total. The van der Waals surface area contributed by atoms with E-state index in [1.165, 1.54) is 6.07 Å². The number of rotatable bonds is 2. The summed E-state index contributed by atoms with van der Waals surface area (Å²) in [5.74, 6) is 0. The number of hydrogen-bond acceptors (Lipinski definition) is 0. The van der Waals surface area contributed by atoms with Gasteiger partial charge in [0.15, 0.2) is 0 Å². The third-order valence-electron chi connectivity index (χ3n) is 1.74. The summed E-state index contributed by atoms with van der Waals surface area (Å²) in [6.45, 7) is 3.49. The molecule has 0 aromatic heterocycles. The van der Waals surface area contributed by atoms with Crippen LogP contribution in [-0.2, 0) is 12.6 Å². The van der Waals surface area contributed by atoms with Crippen LogP contribution in [0.4, 0.5) is 13.2 Å². The zero-order valence-corrected chi connectivity index (χ0v) is 8.82. The number of benzene rings is 1. The lowest BCUT2D eigenvalue weighted by Gasteiger charge is -2.09. The summed E-state index contributed by atoms with van der Waals surface area (Å²) in [6, 6.07) is 3.59. The first-order valence-electron chi connectivity index (χ1n) is 3.91. The Morgan fingerprint density at radius 3 is 2.50 bits per heavy atom. The Balaban J connectivity index is 3.12. The molecule has 0 aliphatic rings. The Hall–Kier alpha value is -0.770. The van der Waals surface area contributed by atoms with E-state index in [1.54, 1.807) is 6.08 Å². The first kappa shape index (κ1) is 11.3. The van der Waals surface area contributed by atoms with Crippen LogP contribution >= 0.6 is 15.9 Å². The Bertz CT molecular complexity index is 342. The highest BCUT2D eigenvalue weighted by atomic mass is 79.9. The predicted molar refractivity (Wildman–Crippen MR) is 53.0 cm³/mol. The van der Waals surface area contributed by atoms with Gasteiger partial charge in [0, 0.05) is 4.47 Å². The highest BCUT2D eigenvalue weighted by Crippen LogP contribution is 2.31. The molecule has 0 heterocycles.